The molecule has 0 aromatic heterocycles. The summed E-state index contributed by atoms with van der Waals surface area (Å²) in [7, 11) is -4.15. The van der Waals surface area contributed by atoms with Crippen LogP contribution in [0.3, 0.4) is 0 Å². The van der Waals surface area contributed by atoms with E-state index in [0.717, 1.165) is 9.87 Å². The van der Waals surface area contributed by atoms with E-state index in [4.69, 9.17) is 11.6 Å². The summed E-state index contributed by atoms with van der Waals surface area (Å²) >= 11 is 6.41. The second-order valence-corrected chi connectivity index (χ2v) is 11.1. The van der Waals surface area contributed by atoms with Gasteiger partial charge < -0.3 is 10.2 Å². The molecule has 0 aliphatic carbocycles. The van der Waals surface area contributed by atoms with Gasteiger partial charge in [-0.3, -0.25) is 13.9 Å². The van der Waals surface area contributed by atoms with Gasteiger partial charge in [0.05, 0.1) is 15.6 Å². The monoisotopic (exact) mass is 541 g/mol. The van der Waals surface area contributed by atoms with Crippen LogP contribution in [0.5, 0.6) is 0 Å². The Morgan fingerprint density at radius 1 is 0.892 bits per heavy atom. The van der Waals surface area contributed by atoms with Gasteiger partial charge in [-0.25, -0.2) is 8.42 Å². The van der Waals surface area contributed by atoms with Gasteiger partial charge in [-0.05, 0) is 50.1 Å². The number of rotatable bonds is 11. The van der Waals surface area contributed by atoms with Crippen LogP contribution in [0.4, 0.5) is 5.69 Å². The summed E-state index contributed by atoms with van der Waals surface area (Å²) in [6.45, 7) is 5.13. The maximum Gasteiger partial charge on any atom is 0.264 e. The number of hydrogen-bond acceptors (Lipinski definition) is 4. The third kappa shape index (κ3) is 7.11. The maximum absolute atomic E-state index is 13.9. The largest absolute Gasteiger partial charge is 0.352 e. The van der Waals surface area contributed by atoms with Crippen LogP contribution >= 0.6 is 11.6 Å². The van der Waals surface area contributed by atoms with Crippen molar-refractivity contribution in [1.82, 2.24) is 10.2 Å². The zero-order chi connectivity index (χ0) is 27.0. The standard InChI is InChI=1S/C28H32ClN3O4S/c1-4-25(28(34)30-21(2)3)31(19-22-13-7-5-8-14-22)27(33)20-32(26-18-12-11-17-24(26)29)37(35,36)23-15-9-6-10-16-23/h5-18,21,25H,4,19-20H2,1-3H3,(H,30,34)/t25-/m1/s1. The van der Waals surface area contributed by atoms with Gasteiger partial charge in [-0.15, -0.1) is 0 Å². The second-order valence-electron chi connectivity index (χ2n) is 8.87. The molecule has 0 fully saturated rings. The summed E-state index contributed by atoms with van der Waals surface area (Å²) in [5.41, 5.74) is 1.00. The molecule has 0 unspecified atom stereocenters. The Kier molecular flexibility index (Phi) is 9.72. The molecule has 3 aromatic carbocycles. The Balaban J connectivity index is 2.05. The molecular formula is C28H32ClN3O4S. The van der Waals surface area contributed by atoms with Gasteiger partial charge in [-0.2, -0.15) is 0 Å². The molecule has 0 aliphatic rings. The fourth-order valence-corrected chi connectivity index (χ4v) is 5.71. The van der Waals surface area contributed by atoms with Gasteiger partial charge in [0.25, 0.3) is 10.0 Å². The lowest BCUT2D eigenvalue weighted by Gasteiger charge is -2.33. The number of carbonyl (C=O) groups excluding carboxylic acids is 2. The third-order valence-electron chi connectivity index (χ3n) is 5.74. The number of para-hydroxylation sites is 1. The highest BCUT2D eigenvalue weighted by Gasteiger charge is 2.34. The van der Waals surface area contributed by atoms with Crippen LogP contribution in [0.25, 0.3) is 0 Å². The van der Waals surface area contributed by atoms with E-state index in [-0.39, 0.29) is 34.1 Å². The van der Waals surface area contributed by atoms with Crippen LogP contribution in [-0.4, -0.2) is 43.8 Å². The van der Waals surface area contributed by atoms with Crippen molar-refractivity contribution in [2.45, 2.75) is 50.7 Å². The molecular weight excluding hydrogens is 510 g/mol. The molecule has 0 saturated carbocycles. The number of carbonyl (C=O) groups is 2. The molecule has 1 N–H and O–H groups in total. The van der Waals surface area contributed by atoms with Crippen molar-refractivity contribution in [3.8, 4) is 0 Å². The minimum atomic E-state index is -4.15. The molecule has 3 rings (SSSR count). The lowest BCUT2D eigenvalue weighted by Crippen LogP contribution is -2.53. The van der Waals surface area contributed by atoms with Crippen molar-refractivity contribution in [2.75, 3.05) is 10.8 Å². The summed E-state index contributed by atoms with van der Waals surface area (Å²) in [5, 5.41) is 3.07. The summed E-state index contributed by atoms with van der Waals surface area (Å²) in [6.07, 6.45) is 0.356. The molecule has 0 aliphatic heterocycles. The topological polar surface area (TPSA) is 86.8 Å². The Morgan fingerprint density at radius 3 is 2.03 bits per heavy atom. The molecule has 196 valence electrons. The fourth-order valence-electron chi connectivity index (χ4n) is 3.97. The van der Waals surface area contributed by atoms with Gasteiger partial charge in [0.15, 0.2) is 0 Å². The molecule has 37 heavy (non-hydrogen) atoms. The molecule has 0 radical (unpaired) electrons. The molecule has 2 amide bonds. The first-order chi connectivity index (χ1) is 17.6. The second kappa shape index (κ2) is 12.7. The average molecular weight is 542 g/mol. The predicted octanol–water partition coefficient (Wildman–Crippen LogP) is 4.87. The highest BCUT2D eigenvalue weighted by atomic mass is 35.5. The van der Waals surface area contributed by atoms with Gasteiger partial charge in [-0.1, -0.05) is 79.2 Å². The highest BCUT2D eigenvalue weighted by molar-refractivity contribution is 7.92. The summed E-state index contributed by atoms with van der Waals surface area (Å²) in [5.74, 6) is -0.814. The van der Waals surface area contributed by atoms with E-state index < -0.39 is 28.5 Å². The molecule has 3 aromatic rings. The van der Waals surface area contributed by atoms with Crippen molar-refractivity contribution < 1.29 is 18.0 Å². The number of sulfonamides is 1. The van der Waals surface area contributed by atoms with Gasteiger partial charge >= 0.3 is 0 Å². The SMILES string of the molecule is CC[C@H](C(=O)NC(C)C)N(Cc1ccccc1)C(=O)CN(c1ccccc1Cl)S(=O)(=O)c1ccccc1. The molecule has 0 spiro atoms. The fraction of sp³-hybridized carbons (Fsp3) is 0.286. The highest BCUT2D eigenvalue weighted by Crippen LogP contribution is 2.30. The quantitative estimate of drug-likeness (QED) is 0.375. The summed E-state index contributed by atoms with van der Waals surface area (Å²) in [6, 6.07) is 22.7. The van der Waals surface area contributed by atoms with Crippen molar-refractivity contribution in [2.24, 2.45) is 0 Å². The number of hydrogen-bond donors (Lipinski definition) is 1. The number of anilines is 1. The van der Waals surface area contributed by atoms with Crippen molar-refractivity contribution in [3.05, 3.63) is 95.5 Å². The molecule has 7 nitrogen and oxygen atoms in total. The van der Waals surface area contributed by atoms with Gasteiger partial charge in [0.2, 0.25) is 11.8 Å². The van der Waals surface area contributed by atoms with Gasteiger partial charge in [0, 0.05) is 12.6 Å². The van der Waals surface area contributed by atoms with E-state index in [9.17, 15) is 18.0 Å². The van der Waals surface area contributed by atoms with E-state index in [2.05, 4.69) is 5.32 Å². The Labute approximate surface area is 224 Å². The third-order valence-corrected chi connectivity index (χ3v) is 7.84. The van der Waals surface area contributed by atoms with Crippen LogP contribution in [0, 0.1) is 0 Å². The van der Waals surface area contributed by atoms with E-state index in [1.165, 1.54) is 17.0 Å². The van der Waals surface area contributed by atoms with Crippen LogP contribution in [0.2, 0.25) is 5.02 Å². The van der Waals surface area contributed by atoms with Crippen LogP contribution in [-0.2, 0) is 26.2 Å². The molecule has 0 bridgehead atoms. The first-order valence-electron chi connectivity index (χ1n) is 12.1. The zero-order valence-corrected chi connectivity index (χ0v) is 22.7. The first kappa shape index (κ1) is 28.2. The number of benzene rings is 3. The Bertz CT molecular complexity index is 1300. The Hall–Kier alpha value is -3.36. The number of nitrogens with one attached hydrogen (secondary N) is 1. The summed E-state index contributed by atoms with van der Waals surface area (Å²) in [4.78, 5) is 28.5. The summed E-state index contributed by atoms with van der Waals surface area (Å²) < 4.78 is 28.5. The number of nitrogens with zero attached hydrogens (tertiary/aromatic N) is 2. The number of halogens is 1. The van der Waals surface area contributed by atoms with E-state index in [0.29, 0.717) is 6.42 Å². The maximum atomic E-state index is 13.9. The first-order valence-corrected chi connectivity index (χ1v) is 13.9. The van der Waals surface area contributed by atoms with Crippen LogP contribution in [0.1, 0.15) is 32.8 Å². The molecule has 1 atom stereocenters. The molecule has 9 heteroatoms. The van der Waals surface area contributed by atoms with Crippen molar-refractivity contribution in [1.29, 1.82) is 0 Å². The lowest BCUT2D eigenvalue weighted by atomic mass is 10.1. The van der Waals surface area contributed by atoms with Crippen LogP contribution < -0.4 is 9.62 Å². The lowest BCUT2D eigenvalue weighted by molar-refractivity contribution is -0.140. The van der Waals surface area contributed by atoms with Crippen molar-refractivity contribution >= 4 is 39.1 Å². The van der Waals surface area contributed by atoms with Crippen LogP contribution in [0.15, 0.2) is 89.8 Å². The Morgan fingerprint density at radius 2 is 1.46 bits per heavy atom. The number of amides is 2. The van der Waals surface area contributed by atoms with E-state index in [1.54, 1.807) is 42.5 Å². The smallest absolute Gasteiger partial charge is 0.264 e. The predicted molar refractivity (Wildman–Crippen MR) is 147 cm³/mol. The molecule has 0 saturated heterocycles. The zero-order valence-electron chi connectivity index (χ0n) is 21.2. The minimum Gasteiger partial charge on any atom is -0.352 e. The van der Waals surface area contributed by atoms with E-state index >= 15 is 0 Å². The van der Waals surface area contributed by atoms with Crippen molar-refractivity contribution in [3.63, 3.8) is 0 Å². The normalized spacial score (nSPS) is 12.1. The van der Waals surface area contributed by atoms with E-state index in [1.807, 2.05) is 51.1 Å². The van der Waals surface area contributed by atoms with Gasteiger partial charge in [0.1, 0.15) is 12.6 Å². The minimum absolute atomic E-state index is 0.0296. The average Bonchev–Trinajstić information content (AvgIpc) is 2.88. The molecule has 0 heterocycles.